The molecule has 2 bridgehead atoms. The van der Waals surface area contributed by atoms with E-state index in [1.165, 1.54) is 6.07 Å². The maximum atomic E-state index is 13.6. The molecule has 2 aromatic carbocycles. The highest BCUT2D eigenvalue weighted by molar-refractivity contribution is 7.89. The highest BCUT2D eigenvalue weighted by atomic mass is 32.2. The topological polar surface area (TPSA) is 142 Å². The molecule has 218 valence electrons. The Morgan fingerprint density at radius 1 is 1.00 bits per heavy atom. The number of rotatable bonds is 7. The van der Waals surface area contributed by atoms with Crippen molar-refractivity contribution in [1.82, 2.24) is 19.5 Å². The van der Waals surface area contributed by atoms with Crippen LogP contribution in [0.2, 0.25) is 0 Å². The van der Waals surface area contributed by atoms with Crippen LogP contribution in [0.4, 0.5) is 4.79 Å². The zero-order valence-corrected chi connectivity index (χ0v) is 23.5. The summed E-state index contributed by atoms with van der Waals surface area (Å²) >= 11 is 0. The molecule has 3 aliphatic rings. The molecule has 2 amide bonds. The molecule has 0 spiro atoms. The van der Waals surface area contributed by atoms with E-state index in [4.69, 9.17) is 9.15 Å². The second-order valence-electron chi connectivity index (χ2n) is 11.3. The molecule has 3 aromatic rings. The predicted molar refractivity (Wildman–Crippen MR) is 151 cm³/mol. The largest absolute Gasteiger partial charge is 0.445 e. The first-order valence-electron chi connectivity index (χ1n) is 14.2. The molecule has 0 saturated carbocycles. The first kappa shape index (κ1) is 27.5. The minimum absolute atomic E-state index is 0.0154. The van der Waals surface area contributed by atoms with E-state index < -0.39 is 15.8 Å². The summed E-state index contributed by atoms with van der Waals surface area (Å²) in [6.07, 6.45) is 3.56. The fourth-order valence-corrected chi connectivity index (χ4v) is 8.93. The number of fused-ring (bicyclic) bond motifs is 3. The van der Waals surface area contributed by atoms with Crippen molar-refractivity contribution in [3.05, 3.63) is 70.2 Å². The SMILES string of the molecule is O=C(NC1C[C@H]2CC[C@@H](C1)N2S(=O)(=O)CC1CCN(C(=O)OCc2ccccc2)CC1)c1ccc2[nH]c(=O)oc2c1. The van der Waals surface area contributed by atoms with E-state index in [1.54, 1.807) is 21.3 Å². The number of amides is 2. The number of hydrogen-bond donors (Lipinski definition) is 2. The van der Waals surface area contributed by atoms with Crippen molar-refractivity contribution in [2.75, 3.05) is 18.8 Å². The third-order valence-electron chi connectivity index (χ3n) is 8.53. The molecule has 2 N–H and O–H groups in total. The summed E-state index contributed by atoms with van der Waals surface area (Å²) in [6, 6.07) is 13.9. The van der Waals surface area contributed by atoms with Gasteiger partial charge in [-0.05, 0) is 68.2 Å². The van der Waals surface area contributed by atoms with Gasteiger partial charge in [-0.25, -0.2) is 18.0 Å². The van der Waals surface area contributed by atoms with Crippen LogP contribution in [-0.2, 0) is 21.4 Å². The first-order chi connectivity index (χ1) is 19.7. The minimum Gasteiger partial charge on any atom is -0.445 e. The van der Waals surface area contributed by atoms with Crippen LogP contribution >= 0.6 is 0 Å². The number of aromatic amines is 1. The van der Waals surface area contributed by atoms with Gasteiger partial charge in [-0.2, -0.15) is 4.31 Å². The monoisotopic (exact) mass is 582 g/mol. The van der Waals surface area contributed by atoms with Crippen molar-refractivity contribution in [2.45, 2.75) is 63.3 Å². The van der Waals surface area contributed by atoms with E-state index in [9.17, 15) is 22.8 Å². The average molecular weight is 583 g/mol. The molecule has 3 atom stereocenters. The number of ether oxygens (including phenoxy) is 1. The minimum atomic E-state index is -3.49. The molecular weight excluding hydrogens is 548 g/mol. The smallest absolute Gasteiger partial charge is 0.417 e. The number of aromatic nitrogens is 1. The van der Waals surface area contributed by atoms with Crippen LogP contribution < -0.4 is 11.1 Å². The summed E-state index contributed by atoms with van der Waals surface area (Å²) in [6.45, 7) is 1.17. The van der Waals surface area contributed by atoms with Gasteiger partial charge >= 0.3 is 11.8 Å². The van der Waals surface area contributed by atoms with Gasteiger partial charge in [-0.15, -0.1) is 0 Å². The van der Waals surface area contributed by atoms with Gasteiger partial charge < -0.3 is 19.4 Å². The molecule has 12 heteroatoms. The maximum Gasteiger partial charge on any atom is 0.417 e. The Bertz CT molecular complexity index is 1560. The van der Waals surface area contributed by atoms with Crippen molar-refractivity contribution in [3.8, 4) is 0 Å². The molecule has 6 rings (SSSR count). The normalized spacial score (nSPS) is 23.5. The Hall–Kier alpha value is -3.64. The number of H-pyrrole nitrogens is 1. The van der Waals surface area contributed by atoms with Crippen LogP contribution in [0.3, 0.4) is 0 Å². The first-order valence-corrected chi connectivity index (χ1v) is 15.8. The second-order valence-corrected chi connectivity index (χ2v) is 13.3. The van der Waals surface area contributed by atoms with E-state index >= 15 is 0 Å². The van der Waals surface area contributed by atoms with Crippen molar-refractivity contribution in [3.63, 3.8) is 0 Å². The second kappa shape index (κ2) is 11.3. The van der Waals surface area contributed by atoms with Crippen LogP contribution in [0.15, 0.2) is 57.7 Å². The molecule has 0 radical (unpaired) electrons. The van der Waals surface area contributed by atoms with Crippen LogP contribution in [0, 0.1) is 5.92 Å². The van der Waals surface area contributed by atoms with E-state index in [1.807, 2.05) is 30.3 Å². The summed E-state index contributed by atoms with van der Waals surface area (Å²) in [5.41, 5.74) is 2.15. The highest BCUT2D eigenvalue weighted by Gasteiger charge is 2.47. The lowest BCUT2D eigenvalue weighted by Crippen LogP contribution is -2.53. The summed E-state index contributed by atoms with van der Waals surface area (Å²) in [7, 11) is -3.49. The molecular formula is C29H34N4O7S. The maximum absolute atomic E-state index is 13.6. The highest BCUT2D eigenvalue weighted by Crippen LogP contribution is 2.39. The Kier molecular flexibility index (Phi) is 7.60. The molecule has 3 fully saturated rings. The van der Waals surface area contributed by atoms with Gasteiger partial charge in [0.1, 0.15) is 6.61 Å². The Morgan fingerprint density at radius 3 is 2.41 bits per heavy atom. The number of benzene rings is 2. The van der Waals surface area contributed by atoms with Gasteiger partial charge in [-0.1, -0.05) is 30.3 Å². The van der Waals surface area contributed by atoms with Crippen molar-refractivity contribution in [2.24, 2.45) is 5.92 Å². The van der Waals surface area contributed by atoms with Crippen molar-refractivity contribution >= 4 is 33.1 Å². The summed E-state index contributed by atoms with van der Waals surface area (Å²) in [5, 5.41) is 3.06. The number of oxazole rings is 1. The molecule has 1 unspecified atom stereocenters. The lowest BCUT2D eigenvalue weighted by atomic mass is 9.99. The van der Waals surface area contributed by atoms with Gasteiger partial charge in [0.2, 0.25) is 10.0 Å². The summed E-state index contributed by atoms with van der Waals surface area (Å²) in [5.74, 6) is -0.787. The lowest BCUT2D eigenvalue weighted by molar-refractivity contribution is 0.0838. The van der Waals surface area contributed by atoms with Gasteiger partial charge in [0.15, 0.2) is 5.58 Å². The van der Waals surface area contributed by atoms with E-state index in [0.29, 0.717) is 55.4 Å². The molecule has 1 aromatic heterocycles. The van der Waals surface area contributed by atoms with Crippen LogP contribution in [0.1, 0.15) is 54.4 Å². The van der Waals surface area contributed by atoms with Crippen LogP contribution in [-0.4, -0.2) is 71.6 Å². The standard InChI is InChI=1S/C29H34N4O7S/c34-27(21-6-9-25-26(14-21)40-28(35)31-25)30-22-15-23-7-8-24(16-22)33(23)41(37,38)18-20-10-12-32(13-11-20)29(36)39-17-19-4-2-1-3-5-19/h1-6,9,14,20,22-24H,7-8,10-13,15-18H2,(H,30,34)(H,31,35)/t22?,23-,24+. The predicted octanol–water partition coefficient (Wildman–Crippen LogP) is 3.22. The number of likely N-dealkylation sites (tertiary alicyclic amines) is 1. The number of sulfonamides is 1. The summed E-state index contributed by atoms with van der Waals surface area (Å²) in [4.78, 5) is 41.0. The van der Waals surface area contributed by atoms with Crippen molar-refractivity contribution in [1.29, 1.82) is 0 Å². The van der Waals surface area contributed by atoms with Crippen LogP contribution in [0.25, 0.3) is 11.1 Å². The molecule has 0 aliphatic carbocycles. The molecule has 4 heterocycles. The van der Waals surface area contributed by atoms with Crippen molar-refractivity contribution < 1.29 is 27.2 Å². The number of nitrogens with one attached hydrogen (secondary N) is 2. The Labute approximate surface area is 237 Å². The number of carbonyl (C=O) groups excluding carboxylic acids is 2. The lowest BCUT2D eigenvalue weighted by Gasteiger charge is -2.39. The molecule has 11 nitrogen and oxygen atoms in total. The number of carbonyl (C=O) groups is 2. The molecule has 41 heavy (non-hydrogen) atoms. The van der Waals surface area contributed by atoms with Gasteiger partial charge in [0, 0.05) is 36.8 Å². The third kappa shape index (κ3) is 6.03. The molecule has 3 saturated heterocycles. The average Bonchev–Trinajstić information content (AvgIpc) is 3.48. The van der Waals surface area contributed by atoms with Gasteiger partial charge in [0.05, 0.1) is 11.3 Å². The van der Waals surface area contributed by atoms with Gasteiger partial charge in [-0.3, -0.25) is 9.78 Å². The number of hydrogen-bond acceptors (Lipinski definition) is 7. The van der Waals surface area contributed by atoms with E-state index in [-0.39, 0.29) is 48.4 Å². The third-order valence-corrected chi connectivity index (χ3v) is 10.7. The van der Waals surface area contributed by atoms with Gasteiger partial charge in [0.25, 0.3) is 5.91 Å². The fourth-order valence-electron chi connectivity index (χ4n) is 6.54. The summed E-state index contributed by atoms with van der Waals surface area (Å²) < 4.78 is 39.3. The zero-order valence-electron chi connectivity index (χ0n) is 22.7. The molecule has 3 aliphatic heterocycles. The Balaban J connectivity index is 0.999. The quantitative estimate of drug-likeness (QED) is 0.436. The fraction of sp³-hybridized carbons (Fsp3) is 0.483. The van der Waals surface area contributed by atoms with E-state index in [0.717, 1.165) is 18.4 Å². The Morgan fingerprint density at radius 2 is 1.71 bits per heavy atom. The number of nitrogens with zero attached hydrogens (tertiary/aromatic N) is 2. The zero-order chi connectivity index (χ0) is 28.6. The van der Waals surface area contributed by atoms with E-state index in [2.05, 4.69) is 10.3 Å². The van der Waals surface area contributed by atoms with Crippen LogP contribution in [0.5, 0.6) is 0 Å². The number of piperidine rings is 2.